The smallest absolute Gasteiger partial charge is 0.290 e. The lowest BCUT2D eigenvalue weighted by Gasteiger charge is -2.70. The zero-order valence-electron chi connectivity index (χ0n) is 14.5. The minimum atomic E-state index is -0.603. The Balaban J connectivity index is 1.24. The van der Waals surface area contributed by atoms with Gasteiger partial charge in [0.25, 0.3) is 11.8 Å². The van der Waals surface area contributed by atoms with Crippen LogP contribution in [0.5, 0.6) is 5.75 Å². The third-order valence-electron chi connectivity index (χ3n) is 5.03. The van der Waals surface area contributed by atoms with Crippen LogP contribution < -0.4 is 15.4 Å². The van der Waals surface area contributed by atoms with E-state index in [1.165, 1.54) is 18.3 Å². The summed E-state index contributed by atoms with van der Waals surface area (Å²) in [4.78, 5) is 24.3. The summed E-state index contributed by atoms with van der Waals surface area (Å²) >= 11 is 5.60. The summed E-state index contributed by atoms with van der Waals surface area (Å²) in [5.41, 5.74) is 0.0667. The molecule has 5 rings (SSSR count). The maximum atomic E-state index is 13.4. The van der Waals surface area contributed by atoms with Crippen LogP contribution in [0.15, 0.2) is 28.9 Å². The second-order valence-electron chi connectivity index (χ2n) is 7.30. The zero-order valence-corrected chi connectivity index (χ0v) is 15.2. The molecule has 0 saturated heterocycles. The Kier molecular flexibility index (Phi) is 4.10. The third kappa shape index (κ3) is 3.25. The molecule has 3 saturated carbocycles. The lowest BCUT2D eigenvalue weighted by atomic mass is 9.44. The van der Waals surface area contributed by atoms with Crippen molar-refractivity contribution in [1.29, 1.82) is 0 Å². The van der Waals surface area contributed by atoms with Gasteiger partial charge in [-0.15, -0.1) is 0 Å². The van der Waals surface area contributed by atoms with Crippen LogP contribution in [0.2, 0.25) is 5.02 Å². The second-order valence-corrected chi connectivity index (χ2v) is 7.70. The molecule has 2 bridgehead atoms. The minimum Gasteiger partial charge on any atom is -0.484 e. The summed E-state index contributed by atoms with van der Waals surface area (Å²) in [5, 5.41) is 9.48. The first-order chi connectivity index (χ1) is 12.8. The van der Waals surface area contributed by atoms with E-state index in [1.54, 1.807) is 6.92 Å². The van der Waals surface area contributed by atoms with Crippen LogP contribution in [0, 0.1) is 12.7 Å². The fourth-order valence-electron chi connectivity index (χ4n) is 3.91. The minimum absolute atomic E-state index is 0.00598. The maximum absolute atomic E-state index is 13.4. The average Bonchev–Trinajstić information content (AvgIpc) is 2.99. The molecule has 27 heavy (non-hydrogen) atoms. The van der Waals surface area contributed by atoms with E-state index in [2.05, 4.69) is 15.8 Å². The van der Waals surface area contributed by atoms with Crippen molar-refractivity contribution >= 4 is 23.4 Å². The highest BCUT2D eigenvalue weighted by molar-refractivity contribution is 6.30. The lowest BCUT2D eigenvalue weighted by molar-refractivity contribution is -0.141. The van der Waals surface area contributed by atoms with Crippen molar-refractivity contribution in [3.05, 3.63) is 46.6 Å². The van der Waals surface area contributed by atoms with Gasteiger partial charge < -0.3 is 19.9 Å². The molecular weight excluding hydrogens is 377 g/mol. The van der Waals surface area contributed by atoms with Gasteiger partial charge >= 0.3 is 0 Å². The van der Waals surface area contributed by atoms with Crippen molar-refractivity contribution in [2.45, 2.75) is 37.3 Å². The average molecular weight is 394 g/mol. The lowest BCUT2D eigenvalue weighted by Crippen LogP contribution is -2.84. The van der Waals surface area contributed by atoms with Crippen molar-refractivity contribution in [3.8, 4) is 5.75 Å². The normalized spacial score (nSPS) is 25.1. The number of ether oxygens (including phenoxy) is 1. The molecule has 3 aliphatic rings. The quantitative estimate of drug-likeness (QED) is 0.786. The number of amides is 2. The molecule has 1 aromatic heterocycles. The number of carbonyl (C=O) groups excluding carboxylic acids is 2. The second kappa shape index (κ2) is 6.23. The first-order valence-corrected chi connectivity index (χ1v) is 8.80. The summed E-state index contributed by atoms with van der Waals surface area (Å²) in [5.74, 6) is -0.750. The van der Waals surface area contributed by atoms with Gasteiger partial charge in [0.2, 0.25) is 5.76 Å². The highest BCUT2D eigenvalue weighted by Gasteiger charge is 2.69. The fraction of sp³-hybridized carbons (Fsp3) is 0.389. The van der Waals surface area contributed by atoms with Crippen LogP contribution in [0.1, 0.15) is 35.4 Å². The van der Waals surface area contributed by atoms with E-state index in [-0.39, 0.29) is 46.0 Å². The Hall–Kier alpha value is -2.61. The van der Waals surface area contributed by atoms with E-state index in [0.717, 1.165) is 6.07 Å². The topological polar surface area (TPSA) is 93.5 Å². The molecule has 2 N–H and O–H groups in total. The Bertz CT molecular complexity index is 909. The van der Waals surface area contributed by atoms with Crippen LogP contribution in [0.4, 0.5) is 4.39 Å². The summed E-state index contributed by atoms with van der Waals surface area (Å²) in [7, 11) is 0. The van der Waals surface area contributed by atoms with Gasteiger partial charge in [-0.3, -0.25) is 9.59 Å². The third-order valence-corrected chi connectivity index (χ3v) is 5.34. The molecule has 2 aromatic rings. The van der Waals surface area contributed by atoms with Crippen molar-refractivity contribution < 1.29 is 23.2 Å². The molecule has 0 unspecified atom stereocenters. The van der Waals surface area contributed by atoms with Crippen molar-refractivity contribution in [1.82, 2.24) is 15.8 Å². The standard InChI is InChI=1S/C18H17ClFN3O4/c1-10-5-21-27-15(10)16(25)23-18-7-17(8-18,9-18)22-14(24)6-26-11-2-3-12(19)13(20)4-11/h2-5H,6-9H2,1H3,(H,22,24)(H,23,25). The SMILES string of the molecule is Cc1cnoc1C(=O)NC12CC(NC(=O)COc3ccc(Cl)c(F)c3)(C1)C2. The molecule has 0 aliphatic heterocycles. The number of nitrogens with one attached hydrogen (secondary N) is 2. The Labute approximate surface area is 159 Å². The van der Waals surface area contributed by atoms with Gasteiger partial charge in [0.15, 0.2) is 6.61 Å². The largest absolute Gasteiger partial charge is 0.484 e. The molecule has 9 heteroatoms. The number of rotatable bonds is 6. The molecule has 3 aliphatic carbocycles. The number of aromatic nitrogens is 1. The van der Waals surface area contributed by atoms with E-state index in [0.29, 0.717) is 24.8 Å². The highest BCUT2D eigenvalue weighted by atomic mass is 35.5. The molecular formula is C18H17ClFN3O4. The van der Waals surface area contributed by atoms with E-state index < -0.39 is 5.82 Å². The predicted octanol–water partition coefficient (Wildman–Crippen LogP) is 2.38. The number of nitrogens with zero attached hydrogens (tertiary/aromatic N) is 1. The van der Waals surface area contributed by atoms with Crippen molar-refractivity contribution in [3.63, 3.8) is 0 Å². The molecule has 0 atom stereocenters. The van der Waals surface area contributed by atoms with E-state index in [9.17, 15) is 14.0 Å². The van der Waals surface area contributed by atoms with E-state index in [1.807, 2.05) is 0 Å². The molecule has 0 radical (unpaired) electrons. The molecule has 142 valence electrons. The van der Waals surface area contributed by atoms with Crippen LogP contribution in [-0.2, 0) is 4.79 Å². The summed E-state index contributed by atoms with van der Waals surface area (Å²) in [6.45, 7) is 1.53. The van der Waals surface area contributed by atoms with Crippen LogP contribution in [0.25, 0.3) is 0 Å². The van der Waals surface area contributed by atoms with Crippen LogP contribution in [-0.4, -0.2) is 34.7 Å². The number of aryl methyl sites for hydroxylation is 1. The predicted molar refractivity (Wildman–Crippen MR) is 93.1 cm³/mol. The van der Waals surface area contributed by atoms with Crippen molar-refractivity contribution in [2.75, 3.05) is 6.61 Å². The number of halogens is 2. The Morgan fingerprint density at radius 2 is 2.00 bits per heavy atom. The number of carbonyl (C=O) groups is 2. The summed E-state index contributed by atoms with van der Waals surface area (Å²) in [6, 6.07) is 4.00. The highest BCUT2D eigenvalue weighted by Crippen LogP contribution is 2.60. The number of hydrogen-bond acceptors (Lipinski definition) is 5. The van der Waals surface area contributed by atoms with Crippen LogP contribution >= 0.6 is 11.6 Å². The van der Waals surface area contributed by atoms with Gasteiger partial charge in [0.05, 0.1) is 11.2 Å². The van der Waals surface area contributed by atoms with Gasteiger partial charge in [-0.1, -0.05) is 16.8 Å². The monoisotopic (exact) mass is 393 g/mol. The van der Waals surface area contributed by atoms with E-state index >= 15 is 0 Å². The summed E-state index contributed by atoms with van der Waals surface area (Å²) < 4.78 is 23.6. The van der Waals surface area contributed by atoms with Crippen molar-refractivity contribution in [2.24, 2.45) is 0 Å². The molecule has 1 heterocycles. The molecule has 7 nitrogen and oxygen atoms in total. The van der Waals surface area contributed by atoms with Gasteiger partial charge in [0, 0.05) is 22.7 Å². The number of benzene rings is 1. The van der Waals surface area contributed by atoms with Gasteiger partial charge in [-0.05, 0) is 38.3 Å². The maximum Gasteiger partial charge on any atom is 0.290 e. The van der Waals surface area contributed by atoms with Gasteiger partial charge in [-0.2, -0.15) is 0 Å². The molecule has 3 fully saturated rings. The van der Waals surface area contributed by atoms with E-state index in [4.69, 9.17) is 20.9 Å². The first kappa shape index (κ1) is 17.8. The van der Waals surface area contributed by atoms with Gasteiger partial charge in [0.1, 0.15) is 11.6 Å². The molecule has 0 spiro atoms. The molecule has 2 amide bonds. The van der Waals surface area contributed by atoms with Crippen LogP contribution in [0.3, 0.4) is 0 Å². The molecule has 1 aromatic carbocycles. The zero-order chi connectivity index (χ0) is 19.2. The Morgan fingerprint density at radius 1 is 1.30 bits per heavy atom. The number of hydrogen-bond donors (Lipinski definition) is 2. The Morgan fingerprint density at radius 3 is 2.63 bits per heavy atom. The van der Waals surface area contributed by atoms with Gasteiger partial charge in [-0.25, -0.2) is 4.39 Å². The fourth-order valence-corrected chi connectivity index (χ4v) is 4.02. The summed E-state index contributed by atoms with van der Waals surface area (Å²) in [6.07, 6.45) is 3.45. The first-order valence-electron chi connectivity index (χ1n) is 8.43.